The van der Waals surface area contributed by atoms with Crippen molar-refractivity contribution in [2.75, 3.05) is 18.9 Å². The van der Waals surface area contributed by atoms with E-state index in [1.165, 1.54) is 51.0 Å². The summed E-state index contributed by atoms with van der Waals surface area (Å²) in [4.78, 5) is 4.08. The number of sulfonamides is 1. The Hall–Kier alpha value is -4.41. The van der Waals surface area contributed by atoms with Gasteiger partial charge >= 0.3 is 0 Å². The predicted molar refractivity (Wildman–Crippen MR) is 137 cm³/mol. The quantitative estimate of drug-likeness (QED) is 0.323. The Balaban J connectivity index is 1.83. The van der Waals surface area contributed by atoms with Crippen molar-refractivity contribution in [2.24, 2.45) is 0 Å². The van der Waals surface area contributed by atoms with Crippen molar-refractivity contribution in [2.45, 2.75) is 31.6 Å². The lowest BCUT2D eigenvalue weighted by Gasteiger charge is -2.29. The number of aliphatic hydroxyl groups is 1. The van der Waals surface area contributed by atoms with Gasteiger partial charge in [-0.2, -0.15) is 5.26 Å². The van der Waals surface area contributed by atoms with E-state index in [1.54, 1.807) is 37.3 Å². The van der Waals surface area contributed by atoms with Crippen LogP contribution in [0.25, 0.3) is 17.3 Å². The number of nitrogens with one attached hydrogen (secondary N) is 1. The second-order valence-corrected chi connectivity index (χ2v) is 10.6. The highest BCUT2D eigenvalue weighted by Gasteiger charge is 2.41. The molecule has 4 rings (SSSR count). The number of aromatic nitrogens is 4. The Labute approximate surface area is 219 Å². The summed E-state index contributed by atoms with van der Waals surface area (Å²) in [5.74, 6) is 1.66. The summed E-state index contributed by atoms with van der Waals surface area (Å²) in [7, 11) is -1.38. The number of nitriles is 1. The fourth-order valence-electron chi connectivity index (χ4n) is 3.81. The number of hydrogen-bond donors (Lipinski definition) is 2. The van der Waals surface area contributed by atoms with Crippen LogP contribution in [-0.2, 0) is 15.6 Å². The molecule has 2 atom stereocenters. The number of aryl methyl sites for hydroxylation is 1. The van der Waals surface area contributed by atoms with Crippen molar-refractivity contribution < 1.29 is 27.4 Å². The second-order valence-electron chi connectivity index (χ2n) is 8.58. The van der Waals surface area contributed by atoms with Crippen molar-refractivity contribution >= 4 is 16.0 Å². The van der Waals surface area contributed by atoms with Crippen molar-refractivity contribution in [3.8, 4) is 34.8 Å². The maximum atomic E-state index is 13.6. The molecule has 0 saturated heterocycles. The molecule has 2 N–H and O–H groups in total. The molecule has 0 aliphatic heterocycles. The standard InChI is InChI=1S/C25H26N6O6S/c1-15-9-11-20(37-15)23-28-29-24(31(23)22-18(35-4)7-6-8-19(22)36-5)30-38(33,34)16(2)25(3,32)21-12-10-17(13-26)14-27-21/h6-12,14,16,32H,1-5H3,(H,29,30)/t16-,25-/m0/s1. The number of hydrogen-bond acceptors (Lipinski definition) is 10. The lowest BCUT2D eigenvalue weighted by molar-refractivity contribution is 0.0521. The lowest BCUT2D eigenvalue weighted by atomic mass is 9.97. The van der Waals surface area contributed by atoms with Crippen LogP contribution in [0.15, 0.2) is 53.1 Å². The Morgan fingerprint density at radius 2 is 1.82 bits per heavy atom. The summed E-state index contributed by atoms with van der Waals surface area (Å²) in [5.41, 5.74) is -1.24. The Morgan fingerprint density at radius 3 is 2.34 bits per heavy atom. The Bertz CT molecular complexity index is 1580. The topological polar surface area (TPSA) is 165 Å². The van der Waals surface area contributed by atoms with Crippen LogP contribution in [0.3, 0.4) is 0 Å². The minimum atomic E-state index is -4.31. The fourth-order valence-corrected chi connectivity index (χ4v) is 5.10. The molecule has 0 fully saturated rings. The van der Waals surface area contributed by atoms with Gasteiger partial charge in [0.2, 0.25) is 21.8 Å². The third kappa shape index (κ3) is 4.79. The number of methoxy groups -OCH3 is 2. The fraction of sp³-hybridized carbons (Fsp3) is 0.280. The molecule has 1 aromatic carbocycles. The van der Waals surface area contributed by atoms with Gasteiger partial charge in [-0.25, -0.2) is 8.42 Å². The minimum absolute atomic E-state index is 0.0778. The maximum absolute atomic E-state index is 13.6. The number of benzene rings is 1. The summed E-state index contributed by atoms with van der Waals surface area (Å²) >= 11 is 0. The van der Waals surface area contributed by atoms with Crippen LogP contribution in [0, 0.1) is 18.3 Å². The molecule has 0 aliphatic rings. The zero-order chi connectivity index (χ0) is 27.7. The number of anilines is 1. The zero-order valence-corrected chi connectivity index (χ0v) is 22.1. The molecule has 0 radical (unpaired) electrons. The summed E-state index contributed by atoms with van der Waals surface area (Å²) in [5, 5.41) is 27.1. The Kier molecular flexibility index (Phi) is 7.12. The molecule has 198 valence electrons. The SMILES string of the molecule is COc1cccc(OC)c1-n1c(NS(=O)(=O)[C@@H](C)[C@](C)(O)c2ccc(C#N)cn2)nnc1-c1ccc(C)o1. The number of ether oxygens (including phenoxy) is 2. The van der Waals surface area contributed by atoms with Gasteiger partial charge in [0.1, 0.15) is 39.9 Å². The maximum Gasteiger partial charge on any atom is 0.243 e. The third-order valence-corrected chi connectivity index (χ3v) is 8.01. The summed E-state index contributed by atoms with van der Waals surface area (Å²) in [6.07, 6.45) is 1.26. The molecule has 12 nitrogen and oxygen atoms in total. The summed E-state index contributed by atoms with van der Waals surface area (Å²) in [6.45, 7) is 4.43. The largest absolute Gasteiger partial charge is 0.494 e. The average Bonchev–Trinajstić information content (AvgIpc) is 3.52. The molecule has 0 amide bonds. The van der Waals surface area contributed by atoms with Gasteiger partial charge in [0.05, 0.1) is 25.5 Å². The van der Waals surface area contributed by atoms with Crippen molar-refractivity contribution in [1.29, 1.82) is 5.26 Å². The average molecular weight is 539 g/mol. The predicted octanol–water partition coefficient (Wildman–Crippen LogP) is 3.16. The van der Waals surface area contributed by atoms with Gasteiger partial charge in [-0.15, -0.1) is 10.2 Å². The number of furan rings is 1. The second kappa shape index (κ2) is 10.2. The van der Waals surface area contributed by atoms with Crippen molar-refractivity contribution in [1.82, 2.24) is 19.7 Å². The van der Waals surface area contributed by atoms with E-state index in [-0.39, 0.29) is 23.0 Å². The van der Waals surface area contributed by atoms with Crippen LogP contribution < -0.4 is 14.2 Å². The molecular weight excluding hydrogens is 512 g/mol. The number of rotatable bonds is 9. The molecular formula is C25H26N6O6S. The molecule has 0 unspecified atom stereocenters. The Morgan fingerprint density at radius 1 is 1.13 bits per heavy atom. The first-order chi connectivity index (χ1) is 18.0. The van der Waals surface area contributed by atoms with E-state index < -0.39 is 20.9 Å². The van der Waals surface area contributed by atoms with Crippen LogP contribution in [-0.4, -0.2) is 52.7 Å². The smallest absolute Gasteiger partial charge is 0.243 e. The number of nitrogens with zero attached hydrogens (tertiary/aromatic N) is 5. The first kappa shape index (κ1) is 26.6. The van der Waals surface area contributed by atoms with Crippen molar-refractivity contribution in [3.63, 3.8) is 0 Å². The highest BCUT2D eigenvalue weighted by atomic mass is 32.2. The normalized spacial score (nSPS) is 13.8. The summed E-state index contributed by atoms with van der Waals surface area (Å²) in [6, 6.07) is 13.3. The van der Waals surface area contributed by atoms with E-state index in [0.717, 1.165) is 0 Å². The van der Waals surface area contributed by atoms with Gasteiger partial charge in [-0.05, 0) is 57.2 Å². The van der Waals surface area contributed by atoms with E-state index in [2.05, 4.69) is 19.9 Å². The van der Waals surface area contributed by atoms with Crippen molar-refractivity contribution in [3.05, 3.63) is 65.7 Å². The van der Waals surface area contributed by atoms with Gasteiger partial charge < -0.3 is 19.0 Å². The van der Waals surface area contributed by atoms with E-state index >= 15 is 0 Å². The first-order valence-electron chi connectivity index (χ1n) is 11.4. The number of para-hydroxylation sites is 1. The molecule has 38 heavy (non-hydrogen) atoms. The first-order valence-corrected chi connectivity index (χ1v) is 12.9. The van der Waals surface area contributed by atoms with Gasteiger partial charge in [0.15, 0.2) is 5.76 Å². The van der Waals surface area contributed by atoms with Crippen LogP contribution in [0.4, 0.5) is 5.95 Å². The minimum Gasteiger partial charge on any atom is -0.494 e. The van der Waals surface area contributed by atoms with Crippen LogP contribution in [0.5, 0.6) is 11.5 Å². The molecule has 3 aromatic heterocycles. The van der Waals surface area contributed by atoms with Gasteiger partial charge in [-0.1, -0.05) is 6.07 Å². The highest BCUT2D eigenvalue weighted by Crippen LogP contribution is 2.38. The van der Waals surface area contributed by atoms with E-state index in [9.17, 15) is 13.5 Å². The lowest BCUT2D eigenvalue weighted by Crippen LogP contribution is -2.43. The molecule has 4 aromatic rings. The van der Waals surface area contributed by atoms with E-state index in [1.807, 2.05) is 6.07 Å². The van der Waals surface area contributed by atoms with Gasteiger partial charge in [0.25, 0.3) is 0 Å². The number of pyridine rings is 1. The monoisotopic (exact) mass is 538 g/mol. The summed E-state index contributed by atoms with van der Waals surface area (Å²) < 4.78 is 47.8. The molecule has 0 aliphatic carbocycles. The zero-order valence-electron chi connectivity index (χ0n) is 21.3. The molecule has 13 heteroatoms. The van der Waals surface area contributed by atoms with Crippen LogP contribution in [0.1, 0.15) is 30.9 Å². The van der Waals surface area contributed by atoms with Gasteiger partial charge in [-0.3, -0.25) is 14.3 Å². The third-order valence-electron chi connectivity index (χ3n) is 6.15. The molecule has 3 heterocycles. The highest BCUT2D eigenvalue weighted by molar-refractivity contribution is 7.93. The molecule has 0 bridgehead atoms. The van der Waals surface area contributed by atoms with E-state index in [0.29, 0.717) is 28.7 Å². The van der Waals surface area contributed by atoms with E-state index in [4.69, 9.17) is 19.2 Å². The molecule has 0 saturated carbocycles. The van der Waals surface area contributed by atoms with Gasteiger partial charge in [0, 0.05) is 6.20 Å². The molecule has 0 spiro atoms. The van der Waals surface area contributed by atoms with Crippen LogP contribution >= 0.6 is 0 Å². The van der Waals surface area contributed by atoms with Crippen LogP contribution in [0.2, 0.25) is 0 Å².